The second-order valence-corrected chi connectivity index (χ2v) is 7.17. The topological polar surface area (TPSA) is 83.6 Å². The molecule has 1 aromatic carbocycles. The Morgan fingerprint density at radius 1 is 1.36 bits per heavy atom. The van der Waals surface area contributed by atoms with Gasteiger partial charge < -0.3 is 5.32 Å². The number of hydrogen-bond donors (Lipinski definition) is 1. The normalized spacial score (nSPS) is 10.4. The molecule has 2 heterocycles. The van der Waals surface area contributed by atoms with Crippen LogP contribution < -0.4 is 5.32 Å². The molecular formula is C17H15N5OS2. The van der Waals surface area contributed by atoms with Crippen molar-refractivity contribution in [3.05, 3.63) is 52.7 Å². The fraction of sp³-hybridized carbons (Fsp3) is 0.176. The maximum Gasteiger partial charge on any atom is 0.235 e. The summed E-state index contributed by atoms with van der Waals surface area (Å²) in [6.45, 7) is 3.90. The second kappa shape index (κ2) is 7.51. The highest BCUT2D eigenvalue weighted by atomic mass is 32.2. The van der Waals surface area contributed by atoms with Gasteiger partial charge in [0.25, 0.3) is 0 Å². The van der Waals surface area contributed by atoms with Crippen molar-refractivity contribution < 1.29 is 4.79 Å². The van der Waals surface area contributed by atoms with Crippen molar-refractivity contribution in [2.45, 2.75) is 19.0 Å². The highest BCUT2D eigenvalue weighted by Crippen LogP contribution is 2.25. The van der Waals surface area contributed by atoms with E-state index in [0.29, 0.717) is 15.7 Å². The van der Waals surface area contributed by atoms with Gasteiger partial charge in [0.05, 0.1) is 11.3 Å². The molecule has 0 aliphatic rings. The zero-order valence-electron chi connectivity index (χ0n) is 13.7. The number of rotatable bonds is 5. The lowest BCUT2D eigenvalue weighted by molar-refractivity contribution is -0.113. The molecule has 1 amide bonds. The number of aryl methyl sites for hydroxylation is 2. The molecule has 1 N–H and O–H groups in total. The molecule has 0 bridgehead atoms. The van der Waals surface area contributed by atoms with Crippen LogP contribution in [-0.2, 0) is 4.79 Å². The molecule has 0 atom stereocenters. The van der Waals surface area contributed by atoms with Crippen LogP contribution in [0, 0.1) is 25.2 Å². The molecule has 2 aromatic heterocycles. The smallest absolute Gasteiger partial charge is 0.235 e. The van der Waals surface area contributed by atoms with E-state index in [0.717, 1.165) is 17.1 Å². The van der Waals surface area contributed by atoms with Crippen LogP contribution in [0.1, 0.15) is 17.0 Å². The van der Waals surface area contributed by atoms with E-state index in [9.17, 15) is 4.79 Å². The summed E-state index contributed by atoms with van der Waals surface area (Å²) < 4.78 is 1.93. The second-order valence-electron chi connectivity index (χ2n) is 5.32. The molecule has 0 spiro atoms. The Balaban J connectivity index is 1.72. The lowest BCUT2D eigenvalue weighted by Gasteiger charge is -2.09. The minimum atomic E-state index is -0.180. The van der Waals surface area contributed by atoms with Gasteiger partial charge in [0.1, 0.15) is 16.9 Å². The van der Waals surface area contributed by atoms with Crippen molar-refractivity contribution in [1.82, 2.24) is 14.8 Å². The summed E-state index contributed by atoms with van der Waals surface area (Å²) in [4.78, 5) is 12.2. The maximum absolute atomic E-state index is 12.2. The summed E-state index contributed by atoms with van der Waals surface area (Å²) in [6, 6.07) is 11.8. The average Bonchev–Trinajstić information content (AvgIpc) is 3.19. The van der Waals surface area contributed by atoms with E-state index in [1.807, 2.05) is 42.7 Å². The number of amides is 1. The third-order valence-corrected chi connectivity index (χ3v) is 5.18. The highest BCUT2D eigenvalue weighted by Gasteiger charge is 2.14. The number of carbonyl (C=O) groups is 1. The van der Waals surface area contributed by atoms with Crippen molar-refractivity contribution in [2.24, 2.45) is 0 Å². The van der Waals surface area contributed by atoms with Crippen molar-refractivity contribution in [3.63, 3.8) is 0 Å². The Morgan fingerprint density at radius 3 is 2.96 bits per heavy atom. The van der Waals surface area contributed by atoms with Crippen LogP contribution in [0.25, 0.3) is 5.69 Å². The molecule has 0 saturated heterocycles. The molecule has 3 rings (SSSR count). The van der Waals surface area contributed by atoms with Gasteiger partial charge in [-0.1, -0.05) is 23.9 Å². The Bertz CT molecular complexity index is 954. The predicted molar refractivity (Wildman–Crippen MR) is 99.2 cm³/mol. The van der Waals surface area contributed by atoms with E-state index in [1.54, 1.807) is 11.4 Å². The number of aromatic nitrogens is 3. The highest BCUT2D eigenvalue weighted by molar-refractivity contribution is 7.99. The first-order valence-electron chi connectivity index (χ1n) is 7.48. The van der Waals surface area contributed by atoms with Gasteiger partial charge in [0, 0.05) is 5.69 Å². The number of benzene rings is 1. The minimum Gasteiger partial charge on any atom is -0.316 e. The van der Waals surface area contributed by atoms with Crippen LogP contribution >= 0.6 is 23.1 Å². The lowest BCUT2D eigenvalue weighted by Crippen LogP contribution is -2.14. The summed E-state index contributed by atoms with van der Waals surface area (Å²) in [5.74, 6) is 0.770. The van der Waals surface area contributed by atoms with E-state index in [-0.39, 0.29) is 11.7 Å². The Kier molecular flexibility index (Phi) is 5.16. The lowest BCUT2D eigenvalue weighted by atomic mass is 10.2. The Labute approximate surface area is 153 Å². The fourth-order valence-corrected chi connectivity index (χ4v) is 3.84. The van der Waals surface area contributed by atoms with E-state index in [1.165, 1.54) is 23.1 Å². The van der Waals surface area contributed by atoms with Gasteiger partial charge in [-0.3, -0.25) is 9.36 Å². The number of nitrogens with one attached hydrogen (secondary N) is 1. The molecule has 8 heteroatoms. The van der Waals surface area contributed by atoms with Crippen LogP contribution in [-0.4, -0.2) is 26.4 Å². The molecular weight excluding hydrogens is 354 g/mol. The first-order valence-corrected chi connectivity index (χ1v) is 9.34. The fourth-order valence-electron chi connectivity index (χ4n) is 2.29. The van der Waals surface area contributed by atoms with Gasteiger partial charge in [-0.25, -0.2) is 0 Å². The van der Waals surface area contributed by atoms with Gasteiger partial charge in [-0.05, 0) is 43.0 Å². The first-order chi connectivity index (χ1) is 12.1. The summed E-state index contributed by atoms with van der Waals surface area (Å²) in [7, 11) is 0. The molecule has 0 aliphatic heterocycles. The number of thiophene rings is 1. The van der Waals surface area contributed by atoms with Crippen molar-refractivity contribution in [2.75, 3.05) is 11.1 Å². The van der Waals surface area contributed by atoms with Gasteiger partial charge in [0.2, 0.25) is 5.91 Å². The standard InChI is InChI=1S/C17H15N5OS2/c1-11-4-3-5-14(8-11)22-12(2)20-21-17(22)25-10-15(23)19-16-13(9-18)6-7-24-16/h3-8H,10H2,1-2H3,(H,19,23). The van der Waals surface area contributed by atoms with Crippen LogP contribution in [0.3, 0.4) is 0 Å². The molecule has 0 unspecified atom stereocenters. The summed E-state index contributed by atoms with van der Waals surface area (Å²) in [5, 5.41) is 23.1. The molecule has 0 fully saturated rings. The molecule has 126 valence electrons. The van der Waals surface area contributed by atoms with E-state index in [2.05, 4.69) is 21.6 Å². The number of nitriles is 1. The van der Waals surface area contributed by atoms with E-state index >= 15 is 0 Å². The third-order valence-electron chi connectivity index (χ3n) is 3.43. The van der Waals surface area contributed by atoms with Crippen LogP contribution in [0.4, 0.5) is 5.00 Å². The Morgan fingerprint density at radius 2 is 2.20 bits per heavy atom. The third kappa shape index (κ3) is 3.90. The molecule has 6 nitrogen and oxygen atoms in total. The monoisotopic (exact) mass is 369 g/mol. The SMILES string of the molecule is Cc1cccc(-n2c(C)nnc2SCC(=O)Nc2sccc2C#N)c1. The van der Waals surface area contributed by atoms with Crippen molar-refractivity contribution >= 4 is 34.0 Å². The molecule has 25 heavy (non-hydrogen) atoms. The zero-order valence-corrected chi connectivity index (χ0v) is 15.3. The molecule has 0 saturated carbocycles. The maximum atomic E-state index is 12.2. The summed E-state index contributed by atoms with van der Waals surface area (Å²) in [6.07, 6.45) is 0. The van der Waals surface area contributed by atoms with Gasteiger partial charge in [-0.2, -0.15) is 5.26 Å². The summed E-state index contributed by atoms with van der Waals surface area (Å²) >= 11 is 2.64. The molecule has 0 radical (unpaired) electrons. The first kappa shape index (κ1) is 17.2. The van der Waals surface area contributed by atoms with Gasteiger partial charge in [-0.15, -0.1) is 21.5 Å². The van der Waals surface area contributed by atoms with Crippen LogP contribution in [0.2, 0.25) is 0 Å². The minimum absolute atomic E-state index is 0.180. The average molecular weight is 369 g/mol. The number of thioether (sulfide) groups is 1. The molecule has 0 aliphatic carbocycles. The zero-order chi connectivity index (χ0) is 17.8. The van der Waals surface area contributed by atoms with Gasteiger partial charge in [0.15, 0.2) is 5.16 Å². The number of anilines is 1. The number of nitrogens with zero attached hydrogens (tertiary/aromatic N) is 4. The van der Waals surface area contributed by atoms with Gasteiger partial charge >= 0.3 is 0 Å². The predicted octanol–water partition coefficient (Wildman–Crippen LogP) is 3.55. The van der Waals surface area contributed by atoms with Crippen LogP contribution in [0.5, 0.6) is 0 Å². The number of hydrogen-bond acceptors (Lipinski definition) is 6. The van der Waals surface area contributed by atoms with Crippen molar-refractivity contribution in [3.8, 4) is 11.8 Å². The molecule has 3 aromatic rings. The summed E-state index contributed by atoms with van der Waals surface area (Å²) in [5.41, 5.74) is 2.58. The quantitative estimate of drug-likeness (QED) is 0.695. The van der Waals surface area contributed by atoms with E-state index in [4.69, 9.17) is 5.26 Å². The van der Waals surface area contributed by atoms with E-state index < -0.39 is 0 Å². The Hall–Kier alpha value is -2.63. The number of carbonyl (C=O) groups excluding carboxylic acids is 1. The van der Waals surface area contributed by atoms with Crippen molar-refractivity contribution in [1.29, 1.82) is 5.26 Å². The van der Waals surface area contributed by atoms with Crippen LogP contribution in [0.15, 0.2) is 40.9 Å². The largest absolute Gasteiger partial charge is 0.316 e.